The van der Waals surface area contributed by atoms with Crippen LogP contribution >= 0.6 is 0 Å². The standard InChI is InChI=1S/C8H15NO/c1-2-9-8-3-6-4-10-5-7(6)8/h6-9H,2-5H2,1H3/t6-,7+,8?/m0/s1. The fraction of sp³-hybridized carbons (Fsp3) is 1.00. The first-order valence-corrected chi connectivity index (χ1v) is 4.23. The van der Waals surface area contributed by atoms with Gasteiger partial charge in [-0.15, -0.1) is 0 Å². The van der Waals surface area contributed by atoms with Crippen molar-refractivity contribution in [3.05, 3.63) is 0 Å². The van der Waals surface area contributed by atoms with Crippen molar-refractivity contribution in [2.24, 2.45) is 11.8 Å². The summed E-state index contributed by atoms with van der Waals surface area (Å²) < 4.78 is 5.37. The van der Waals surface area contributed by atoms with E-state index in [4.69, 9.17) is 4.74 Å². The number of fused-ring (bicyclic) bond motifs is 1. The minimum Gasteiger partial charge on any atom is -0.381 e. The molecular weight excluding hydrogens is 126 g/mol. The van der Waals surface area contributed by atoms with Gasteiger partial charge in [-0.3, -0.25) is 0 Å². The predicted octanol–water partition coefficient (Wildman–Crippen LogP) is 0.631. The molecule has 0 radical (unpaired) electrons. The Hall–Kier alpha value is -0.0800. The van der Waals surface area contributed by atoms with Crippen molar-refractivity contribution in [2.45, 2.75) is 19.4 Å². The monoisotopic (exact) mass is 141 g/mol. The van der Waals surface area contributed by atoms with E-state index in [1.807, 2.05) is 0 Å². The van der Waals surface area contributed by atoms with Gasteiger partial charge in [0.25, 0.3) is 0 Å². The Kier molecular flexibility index (Phi) is 1.66. The average Bonchev–Trinajstić information content (AvgIpc) is 2.26. The lowest BCUT2D eigenvalue weighted by Crippen LogP contribution is -2.49. The lowest BCUT2D eigenvalue weighted by Gasteiger charge is -2.39. The highest BCUT2D eigenvalue weighted by Gasteiger charge is 2.44. The molecule has 1 aliphatic carbocycles. The summed E-state index contributed by atoms with van der Waals surface area (Å²) in [5.41, 5.74) is 0. The summed E-state index contributed by atoms with van der Waals surface area (Å²) in [5, 5.41) is 3.47. The summed E-state index contributed by atoms with van der Waals surface area (Å²) in [4.78, 5) is 0. The smallest absolute Gasteiger partial charge is 0.0512 e. The molecule has 2 fully saturated rings. The Morgan fingerprint density at radius 3 is 3.10 bits per heavy atom. The molecule has 2 rings (SSSR count). The highest BCUT2D eigenvalue weighted by Crippen LogP contribution is 2.39. The zero-order valence-corrected chi connectivity index (χ0v) is 6.47. The van der Waals surface area contributed by atoms with Crippen LogP contribution in [0.15, 0.2) is 0 Å². The molecule has 2 heteroatoms. The summed E-state index contributed by atoms with van der Waals surface area (Å²) in [7, 11) is 0. The number of rotatable bonds is 2. The van der Waals surface area contributed by atoms with Gasteiger partial charge >= 0.3 is 0 Å². The van der Waals surface area contributed by atoms with Crippen LogP contribution in [-0.2, 0) is 4.74 Å². The van der Waals surface area contributed by atoms with Crippen LogP contribution in [0.5, 0.6) is 0 Å². The molecule has 1 unspecified atom stereocenters. The quantitative estimate of drug-likeness (QED) is 0.609. The highest BCUT2D eigenvalue weighted by molar-refractivity contribution is 4.96. The molecule has 0 aromatic carbocycles. The molecule has 1 saturated carbocycles. The van der Waals surface area contributed by atoms with Gasteiger partial charge in [0.1, 0.15) is 0 Å². The molecule has 0 bridgehead atoms. The van der Waals surface area contributed by atoms with Crippen molar-refractivity contribution in [1.82, 2.24) is 5.32 Å². The number of ether oxygens (including phenoxy) is 1. The zero-order valence-electron chi connectivity index (χ0n) is 6.47. The van der Waals surface area contributed by atoms with Gasteiger partial charge < -0.3 is 10.1 Å². The van der Waals surface area contributed by atoms with Crippen LogP contribution in [0.1, 0.15) is 13.3 Å². The molecule has 1 aliphatic heterocycles. The normalized spacial score (nSPS) is 44.7. The second-order valence-electron chi connectivity index (χ2n) is 3.36. The summed E-state index contributed by atoms with van der Waals surface area (Å²) in [6.07, 6.45) is 1.35. The van der Waals surface area contributed by atoms with Gasteiger partial charge in [-0.2, -0.15) is 0 Å². The Balaban J connectivity index is 1.83. The van der Waals surface area contributed by atoms with Crippen LogP contribution in [-0.4, -0.2) is 25.8 Å². The van der Waals surface area contributed by atoms with Gasteiger partial charge in [0.15, 0.2) is 0 Å². The van der Waals surface area contributed by atoms with Crippen LogP contribution in [0.25, 0.3) is 0 Å². The zero-order chi connectivity index (χ0) is 6.97. The van der Waals surface area contributed by atoms with Gasteiger partial charge in [0.05, 0.1) is 6.61 Å². The summed E-state index contributed by atoms with van der Waals surface area (Å²) in [5.74, 6) is 1.74. The van der Waals surface area contributed by atoms with E-state index in [1.54, 1.807) is 0 Å². The van der Waals surface area contributed by atoms with Crippen molar-refractivity contribution >= 4 is 0 Å². The van der Waals surface area contributed by atoms with Gasteiger partial charge in [-0.1, -0.05) is 6.92 Å². The molecule has 58 valence electrons. The lowest BCUT2D eigenvalue weighted by molar-refractivity contribution is 0.157. The molecule has 10 heavy (non-hydrogen) atoms. The predicted molar refractivity (Wildman–Crippen MR) is 39.9 cm³/mol. The molecule has 1 heterocycles. The minimum absolute atomic E-state index is 0.775. The topological polar surface area (TPSA) is 21.3 Å². The van der Waals surface area contributed by atoms with Gasteiger partial charge in [0, 0.05) is 18.6 Å². The fourth-order valence-electron chi connectivity index (χ4n) is 2.10. The fourth-order valence-corrected chi connectivity index (χ4v) is 2.10. The Labute approximate surface area is 61.9 Å². The average molecular weight is 141 g/mol. The molecule has 0 spiro atoms. The van der Waals surface area contributed by atoms with Gasteiger partial charge in [0.2, 0.25) is 0 Å². The van der Waals surface area contributed by atoms with Crippen LogP contribution in [0.3, 0.4) is 0 Å². The number of hydrogen-bond donors (Lipinski definition) is 1. The van der Waals surface area contributed by atoms with E-state index >= 15 is 0 Å². The van der Waals surface area contributed by atoms with Crippen molar-refractivity contribution in [1.29, 1.82) is 0 Å². The van der Waals surface area contributed by atoms with E-state index in [-0.39, 0.29) is 0 Å². The molecule has 2 nitrogen and oxygen atoms in total. The molecule has 0 aromatic heterocycles. The Morgan fingerprint density at radius 2 is 2.40 bits per heavy atom. The molecule has 3 atom stereocenters. The third-order valence-corrected chi connectivity index (χ3v) is 2.79. The van der Waals surface area contributed by atoms with Crippen LogP contribution < -0.4 is 5.32 Å². The summed E-state index contributed by atoms with van der Waals surface area (Å²) in [6.45, 7) is 5.30. The van der Waals surface area contributed by atoms with E-state index in [9.17, 15) is 0 Å². The van der Waals surface area contributed by atoms with Gasteiger partial charge in [-0.05, 0) is 18.9 Å². The first-order valence-electron chi connectivity index (χ1n) is 4.23. The highest BCUT2D eigenvalue weighted by atomic mass is 16.5. The molecule has 0 amide bonds. The molecular formula is C8H15NO. The molecule has 2 aliphatic rings. The number of nitrogens with one attached hydrogen (secondary N) is 1. The van der Waals surface area contributed by atoms with Crippen molar-refractivity contribution in [2.75, 3.05) is 19.8 Å². The first kappa shape index (κ1) is 6.62. The molecule has 1 saturated heterocycles. The second kappa shape index (κ2) is 2.51. The van der Waals surface area contributed by atoms with E-state index in [0.29, 0.717) is 0 Å². The van der Waals surface area contributed by atoms with Crippen molar-refractivity contribution in [3.63, 3.8) is 0 Å². The van der Waals surface area contributed by atoms with Crippen LogP contribution in [0.4, 0.5) is 0 Å². The summed E-state index contributed by atoms with van der Waals surface area (Å²) in [6, 6.07) is 0.775. The third-order valence-electron chi connectivity index (χ3n) is 2.79. The Morgan fingerprint density at radius 1 is 1.50 bits per heavy atom. The van der Waals surface area contributed by atoms with Crippen LogP contribution in [0, 0.1) is 11.8 Å². The van der Waals surface area contributed by atoms with E-state index in [1.165, 1.54) is 6.42 Å². The minimum atomic E-state index is 0.775. The van der Waals surface area contributed by atoms with E-state index in [0.717, 1.165) is 37.6 Å². The van der Waals surface area contributed by atoms with Crippen molar-refractivity contribution < 1.29 is 4.74 Å². The first-order chi connectivity index (χ1) is 4.92. The maximum Gasteiger partial charge on any atom is 0.0512 e. The maximum atomic E-state index is 5.37. The second-order valence-corrected chi connectivity index (χ2v) is 3.36. The van der Waals surface area contributed by atoms with E-state index < -0.39 is 0 Å². The van der Waals surface area contributed by atoms with Gasteiger partial charge in [-0.25, -0.2) is 0 Å². The van der Waals surface area contributed by atoms with Crippen molar-refractivity contribution in [3.8, 4) is 0 Å². The van der Waals surface area contributed by atoms with E-state index in [2.05, 4.69) is 12.2 Å². The largest absolute Gasteiger partial charge is 0.381 e. The summed E-state index contributed by atoms with van der Waals surface area (Å²) >= 11 is 0. The number of hydrogen-bond acceptors (Lipinski definition) is 2. The third kappa shape index (κ3) is 0.867. The van der Waals surface area contributed by atoms with Crippen LogP contribution in [0.2, 0.25) is 0 Å². The lowest BCUT2D eigenvalue weighted by atomic mass is 9.71. The molecule has 1 N–H and O–H groups in total. The molecule has 0 aromatic rings. The SMILES string of the molecule is CCNC1C[C@H]2COC[C@@H]12. The maximum absolute atomic E-state index is 5.37. The Bertz CT molecular complexity index is 126.